The van der Waals surface area contributed by atoms with Crippen molar-refractivity contribution >= 4 is 49.5 Å². The minimum atomic E-state index is -4.54. The van der Waals surface area contributed by atoms with E-state index in [2.05, 4.69) is 37.2 Å². The Balaban J connectivity index is 2.25. The van der Waals surface area contributed by atoms with Gasteiger partial charge in [0.15, 0.2) is 0 Å². The summed E-state index contributed by atoms with van der Waals surface area (Å²) in [6.45, 7) is 4.54. The summed E-state index contributed by atoms with van der Waals surface area (Å²) in [6, 6.07) is 9.32. The van der Waals surface area contributed by atoms with E-state index >= 15 is 0 Å². The maximum absolute atomic E-state index is 12.8. The molecule has 0 fully saturated rings. The van der Waals surface area contributed by atoms with Crippen molar-refractivity contribution in [1.29, 1.82) is 5.26 Å². The maximum atomic E-state index is 12.8. The van der Waals surface area contributed by atoms with Crippen molar-refractivity contribution < 1.29 is 22.7 Å². The van der Waals surface area contributed by atoms with Crippen LogP contribution in [0.4, 0.5) is 18.9 Å². The van der Waals surface area contributed by atoms with E-state index in [0.29, 0.717) is 32.8 Å². The number of ether oxygens (including phenoxy) is 1. The van der Waals surface area contributed by atoms with Gasteiger partial charge in [0.05, 0.1) is 21.1 Å². The molecule has 9 heteroatoms. The highest BCUT2D eigenvalue weighted by atomic mass is 79.9. The van der Waals surface area contributed by atoms with Crippen LogP contribution in [0.2, 0.25) is 0 Å². The third-order valence-corrected chi connectivity index (χ3v) is 4.88. The average Bonchev–Trinajstić information content (AvgIpc) is 2.64. The van der Waals surface area contributed by atoms with Crippen LogP contribution < -0.4 is 10.1 Å². The second-order valence-corrected chi connectivity index (χ2v) is 8.43. The number of nitriles is 1. The van der Waals surface area contributed by atoms with E-state index in [-0.39, 0.29) is 11.3 Å². The molecular formula is C21H17Br2F3N2O2. The van der Waals surface area contributed by atoms with Gasteiger partial charge >= 0.3 is 6.18 Å². The van der Waals surface area contributed by atoms with Gasteiger partial charge in [0.1, 0.15) is 17.4 Å². The van der Waals surface area contributed by atoms with Gasteiger partial charge in [-0.15, -0.1) is 0 Å². The van der Waals surface area contributed by atoms with E-state index in [1.807, 2.05) is 13.8 Å². The Hall–Kier alpha value is -2.31. The van der Waals surface area contributed by atoms with Gasteiger partial charge in [-0.05, 0) is 79.7 Å². The van der Waals surface area contributed by atoms with Crippen LogP contribution in [0.15, 0.2) is 50.9 Å². The molecule has 158 valence electrons. The van der Waals surface area contributed by atoms with Crippen molar-refractivity contribution in [2.24, 2.45) is 5.92 Å². The molecule has 0 aromatic heterocycles. The van der Waals surface area contributed by atoms with E-state index in [9.17, 15) is 23.2 Å². The number of nitrogens with zero attached hydrogens (tertiary/aromatic N) is 1. The number of hydrogen-bond acceptors (Lipinski definition) is 3. The monoisotopic (exact) mass is 544 g/mol. The number of nitrogens with one attached hydrogen (secondary N) is 1. The van der Waals surface area contributed by atoms with Gasteiger partial charge in [-0.1, -0.05) is 19.9 Å². The fraction of sp³-hybridized carbons (Fsp3) is 0.238. The number of benzene rings is 2. The fourth-order valence-corrected chi connectivity index (χ4v) is 3.79. The number of alkyl halides is 3. The highest BCUT2D eigenvalue weighted by molar-refractivity contribution is 9.11. The molecule has 1 N–H and O–H groups in total. The Morgan fingerprint density at radius 3 is 2.40 bits per heavy atom. The third-order valence-electron chi connectivity index (χ3n) is 3.71. The predicted molar refractivity (Wildman–Crippen MR) is 116 cm³/mol. The normalized spacial score (nSPS) is 11.9. The predicted octanol–water partition coefficient (Wildman–Crippen LogP) is 6.81. The molecule has 0 atom stereocenters. The van der Waals surface area contributed by atoms with Crippen LogP contribution in [0, 0.1) is 17.2 Å². The molecule has 0 bridgehead atoms. The lowest BCUT2D eigenvalue weighted by Gasteiger charge is -2.13. The lowest BCUT2D eigenvalue weighted by atomic mass is 10.1. The Morgan fingerprint density at radius 1 is 1.23 bits per heavy atom. The molecule has 0 aliphatic carbocycles. The number of rotatable bonds is 6. The molecule has 0 aliphatic rings. The summed E-state index contributed by atoms with van der Waals surface area (Å²) < 4.78 is 45.5. The lowest BCUT2D eigenvalue weighted by molar-refractivity contribution is -0.137. The quantitative estimate of drug-likeness (QED) is 0.320. The second-order valence-electron chi connectivity index (χ2n) is 6.72. The smallest absolute Gasteiger partial charge is 0.416 e. The van der Waals surface area contributed by atoms with Crippen molar-refractivity contribution in [3.63, 3.8) is 0 Å². The Morgan fingerprint density at radius 2 is 1.87 bits per heavy atom. The molecule has 2 aromatic rings. The van der Waals surface area contributed by atoms with Gasteiger partial charge in [0, 0.05) is 5.69 Å². The SMILES string of the molecule is CC(C)COc1c(Br)cc(/C=C(\C#N)C(=O)Nc2cccc(C(F)(F)F)c2)cc1Br. The molecule has 1 amide bonds. The molecule has 30 heavy (non-hydrogen) atoms. The van der Waals surface area contributed by atoms with Crippen molar-refractivity contribution in [1.82, 2.24) is 0 Å². The van der Waals surface area contributed by atoms with Crippen molar-refractivity contribution in [3.8, 4) is 11.8 Å². The zero-order valence-electron chi connectivity index (χ0n) is 16.0. The van der Waals surface area contributed by atoms with Gasteiger partial charge in [-0.25, -0.2) is 0 Å². The van der Waals surface area contributed by atoms with Gasteiger partial charge in [0.25, 0.3) is 5.91 Å². The molecule has 0 aliphatic heterocycles. The fourth-order valence-electron chi connectivity index (χ4n) is 2.34. The standard InChI is InChI=1S/C21H17Br2F3N2O2/c1-12(2)11-30-19-17(22)7-13(8-18(19)23)6-14(10-27)20(29)28-16-5-3-4-15(9-16)21(24,25)26/h3-9,12H,11H2,1-2H3,(H,28,29)/b14-6+. The summed E-state index contributed by atoms with van der Waals surface area (Å²) in [4.78, 5) is 12.4. The Labute approximate surface area is 189 Å². The van der Waals surface area contributed by atoms with E-state index in [1.165, 1.54) is 18.2 Å². The summed E-state index contributed by atoms with van der Waals surface area (Å²) in [5.74, 6) is 0.102. The minimum absolute atomic E-state index is 0.0595. The van der Waals surface area contributed by atoms with Gasteiger partial charge in [-0.3, -0.25) is 4.79 Å². The first-order chi connectivity index (χ1) is 14.0. The summed E-state index contributed by atoms with van der Waals surface area (Å²) in [7, 11) is 0. The van der Waals surface area contributed by atoms with Crippen molar-refractivity contribution in [3.05, 3.63) is 62.0 Å². The molecule has 0 saturated carbocycles. The van der Waals surface area contributed by atoms with Crippen molar-refractivity contribution in [2.75, 3.05) is 11.9 Å². The topological polar surface area (TPSA) is 62.1 Å². The molecule has 2 aromatic carbocycles. The zero-order chi connectivity index (χ0) is 22.5. The molecule has 2 rings (SSSR count). The van der Waals surface area contributed by atoms with Crippen LogP contribution in [0.5, 0.6) is 5.75 Å². The van der Waals surface area contributed by atoms with Crippen LogP contribution in [0.3, 0.4) is 0 Å². The third kappa shape index (κ3) is 6.61. The van der Waals surface area contributed by atoms with Gasteiger partial charge in [-0.2, -0.15) is 18.4 Å². The lowest BCUT2D eigenvalue weighted by Crippen LogP contribution is -2.14. The summed E-state index contributed by atoms with van der Waals surface area (Å²) in [5, 5.41) is 11.7. The number of halogens is 5. The molecule has 0 heterocycles. The molecule has 0 saturated heterocycles. The van der Waals surface area contributed by atoms with E-state index in [4.69, 9.17) is 4.74 Å². The zero-order valence-corrected chi connectivity index (χ0v) is 19.2. The summed E-state index contributed by atoms with van der Waals surface area (Å²) in [6.07, 6.45) is -3.20. The van der Waals surface area contributed by atoms with E-state index in [0.717, 1.165) is 12.1 Å². The number of carbonyl (C=O) groups excluding carboxylic acids is 1. The Bertz CT molecular complexity index is 989. The van der Waals surface area contributed by atoms with Crippen LogP contribution in [0.25, 0.3) is 6.08 Å². The average molecular weight is 546 g/mol. The van der Waals surface area contributed by atoms with Crippen LogP contribution in [-0.2, 0) is 11.0 Å². The second kappa shape index (κ2) is 10.1. The van der Waals surface area contributed by atoms with E-state index < -0.39 is 17.6 Å². The van der Waals surface area contributed by atoms with Gasteiger partial charge < -0.3 is 10.1 Å². The molecule has 4 nitrogen and oxygen atoms in total. The summed E-state index contributed by atoms with van der Waals surface area (Å²) >= 11 is 6.81. The number of carbonyl (C=O) groups is 1. The molecule has 0 spiro atoms. The van der Waals surface area contributed by atoms with E-state index in [1.54, 1.807) is 18.2 Å². The van der Waals surface area contributed by atoms with Crippen molar-refractivity contribution in [2.45, 2.75) is 20.0 Å². The number of anilines is 1. The first-order valence-corrected chi connectivity index (χ1v) is 10.3. The summed E-state index contributed by atoms with van der Waals surface area (Å²) in [5.41, 5.74) is -0.688. The van der Waals surface area contributed by atoms with Crippen LogP contribution in [-0.4, -0.2) is 12.5 Å². The highest BCUT2D eigenvalue weighted by Crippen LogP contribution is 2.36. The first-order valence-electron chi connectivity index (χ1n) is 8.73. The maximum Gasteiger partial charge on any atom is 0.416 e. The largest absolute Gasteiger partial charge is 0.491 e. The van der Waals surface area contributed by atoms with Gasteiger partial charge in [0.2, 0.25) is 0 Å². The molecule has 0 unspecified atom stereocenters. The first kappa shape index (κ1) is 24.0. The van der Waals surface area contributed by atoms with Crippen LogP contribution in [0.1, 0.15) is 25.0 Å². The number of amides is 1. The highest BCUT2D eigenvalue weighted by Gasteiger charge is 2.30. The Kier molecular flexibility index (Phi) is 8.10. The molecule has 0 radical (unpaired) electrons. The number of hydrogen-bond donors (Lipinski definition) is 1. The van der Waals surface area contributed by atoms with Crippen LogP contribution >= 0.6 is 31.9 Å². The molecular weight excluding hydrogens is 529 g/mol. The minimum Gasteiger partial charge on any atom is -0.491 e.